The molecule has 5 heteroatoms. The van der Waals surface area contributed by atoms with Gasteiger partial charge in [-0.05, 0) is 24.3 Å². The molecule has 19 heavy (non-hydrogen) atoms. The summed E-state index contributed by atoms with van der Waals surface area (Å²) in [6.07, 6.45) is 1.41. The molecule has 3 aromatic rings. The van der Waals surface area contributed by atoms with Crippen molar-refractivity contribution in [3.8, 4) is 0 Å². The highest BCUT2D eigenvalue weighted by Gasteiger charge is 2.12. The molecular weight excluding hydrogens is 244 g/mol. The smallest absolute Gasteiger partial charge is 0.240 e. The first-order chi connectivity index (χ1) is 9.22. The first-order valence-electron chi connectivity index (χ1n) is 5.54. The van der Waals surface area contributed by atoms with Crippen LogP contribution in [0, 0.1) is 0 Å². The van der Waals surface area contributed by atoms with E-state index in [1.54, 1.807) is 30.3 Å². The fourth-order valence-electron chi connectivity index (χ4n) is 2.05. The number of rotatable bonds is 1. The molecule has 92 valence electrons. The quantitative estimate of drug-likeness (QED) is 0.312. The highest BCUT2D eigenvalue weighted by atomic mass is 16.3. The van der Waals surface area contributed by atoms with Gasteiger partial charge in [-0.2, -0.15) is 4.99 Å². The number of anilines is 1. The molecule has 0 aliphatic carbocycles. The van der Waals surface area contributed by atoms with Gasteiger partial charge in [-0.25, -0.2) is 4.79 Å². The molecule has 2 N–H and O–H groups in total. The molecule has 0 unspecified atom stereocenters. The van der Waals surface area contributed by atoms with Gasteiger partial charge in [0.1, 0.15) is 16.9 Å². The van der Waals surface area contributed by atoms with Gasteiger partial charge in [0, 0.05) is 0 Å². The molecular formula is C14H8N2O3. The molecule has 0 saturated heterocycles. The number of isocyanates is 1. The van der Waals surface area contributed by atoms with Gasteiger partial charge in [0.15, 0.2) is 0 Å². The Kier molecular flexibility index (Phi) is 2.41. The number of nitrogens with two attached hydrogens (primary N) is 1. The second-order valence-electron chi connectivity index (χ2n) is 4.00. The first-order valence-corrected chi connectivity index (χ1v) is 5.54. The molecule has 0 bridgehead atoms. The molecule has 5 nitrogen and oxygen atoms in total. The number of carbonyl (C=O) groups excluding carboxylic acids is 1. The highest BCUT2D eigenvalue weighted by Crippen LogP contribution is 2.30. The zero-order valence-corrected chi connectivity index (χ0v) is 9.71. The number of fused-ring (bicyclic) bond motifs is 2. The molecule has 0 spiro atoms. The summed E-state index contributed by atoms with van der Waals surface area (Å²) in [4.78, 5) is 26.2. The lowest BCUT2D eigenvalue weighted by Gasteiger charge is -2.05. The maximum Gasteiger partial charge on any atom is 0.240 e. The maximum atomic E-state index is 12.4. The van der Waals surface area contributed by atoms with Crippen molar-refractivity contribution in [2.45, 2.75) is 0 Å². The van der Waals surface area contributed by atoms with E-state index in [0.717, 1.165) is 0 Å². The third-order valence-electron chi connectivity index (χ3n) is 2.93. The summed E-state index contributed by atoms with van der Waals surface area (Å²) >= 11 is 0. The number of benzene rings is 2. The van der Waals surface area contributed by atoms with Crippen LogP contribution in [0.15, 0.2) is 50.6 Å². The average Bonchev–Trinajstić information content (AvgIpc) is 2.42. The SMILES string of the molecule is Nc1c(N=C=O)ccc2oc3ccccc3c(=O)c12. The minimum absolute atomic E-state index is 0.125. The summed E-state index contributed by atoms with van der Waals surface area (Å²) in [5.74, 6) is 0. The molecule has 2 aromatic carbocycles. The standard InChI is InChI=1S/C14H8N2O3/c15-13-9(16-7-17)5-6-11-12(13)14(18)8-3-1-2-4-10(8)19-11/h1-6H,15H2. The Morgan fingerprint density at radius 2 is 1.89 bits per heavy atom. The van der Waals surface area contributed by atoms with Crippen LogP contribution in [0.5, 0.6) is 0 Å². The second kappa shape index (κ2) is 4.08. The zero-order valence-electron chi connectivity index (χ0n) is 9.71. The summed E-state index contributed by atoms with van der Waals surface area (Å²) < 4.78 is 5.62. The predicted octanol–water partition coefficient (Wildman–Crippen LogP) is 2.50. The van der Waals surface area contributed by atoms with Crippen molar-refractivity contribution in [3.63, 3.8) is 0 Å². The van der Waals surface area contributed by atoms with E-state index in [4.69, 9.17) is 10.2 Å². The van der Waals surface area contributed by atoms with E-state index in [0.29, 0.717) is 16.6 Å². The minimum Gasteiger partial charge on any atom is -0.456 e. The Morgan fingerprint density at radius 1 is 1.11 bits per heavy atom. The van der Waals surface area contributed by atoms with Crippen molar-refractivity contribution in [2.75, 3.05) is 5.73 Å². The number of nitrogens with zero attached hydrogens (tertiary/aromatic N) is 1. The third-order valence-corrected chi connectivity index (χ3v) is 2.93. The summed E-state index contributed by atoms with van der Waals surface area (Å²) in [6, 6.07) is 9.98. The predicted molar refractivity (Wildman–Crippen MR) is 72.2 cm³/mol. The number of aliphatic imine (C=N–C) groups is 1. The van der Waals surface area contributed by atoms with Crippen LogP contribution in [0.4, 0.5) is 11.4 Å². The Morgan fingerprint density at radius 3 is 2.68 bits per heavy atom. The van der Waals surface area contributed by atoms with Crippen LogP contribution < -0.4 is 11.2 Å². The van der Waals surface area contributed by atoms with Gasteiger partial charge >= 0.3 is 0 Å². The molecule has 0 radical (unpaired) electrons. The van der Waals surface area contributed by atoms with Crippen molar-refractivity contribution >= 4 is 39.4 Å². The van der Waals surface area contributed by atoms with E-state index in [9.17, 15) is 9.59 Å². The van der Waals surface area contributed by atoms with Crippen LogP contribution >= 0.6 is 0 Å². The largest absolute Gasteiger partial charge is 0.456 e. The van der Waals surface area contributed by atoms with E-state index in [1.807, 2.05) is 0 Å². The molecule has 0 saturated carbocycles. The molecule has 0 amide bonds. The fraction of sp³-hybridized carbons (Fsp3) is 0. The summed E-state index contributed by atoms with van der Waals surface area (Å²) in [7, 11) is 0. The number of para-hydroxylation sites is 1. The van der Waals surface area contributed by atoms with Gasteiger partial charge in [0.25, 0.3) is 0 Å². The third kappa shape index (κ3) is 1.61. The van der Waals surface area contributed by atoms with Gasteiger partial charge < -0.3 is 10.2 Å². The zero-order chi connectivity index (χ0) is 13.4. The first kappa shape index (κ1) is 11.2. The van der Waals surface area contributed by atoms with Crippen LogP contribution in [0.2, 0.25) is 0 Å². The lowest BCUT2D eigenvalue weighted by Crippen LogP contribution is -2.05. The molecule has 1 aromatic heterocycles. The van der Waals surface area contributed by atoms with Gasteiger partial charge in [-0.3, -0.25) is 4.79 Å². The Hall–Kier alpha value is -2.91. The van der Waals surface area contributed by atoms with Gasteiger partial charge in [0.2, 0.25) is 11.5 Å². The van der Waals surface area contributed by atoms with E-state index in [2.05, 4.69) is 4.99 Å². The number of hydrogen-bond acceptors (Lipinski definition) is 5. The number of hydrogen-bond donors (Lipinski definition) is 1. The van der Waals surface area contributed by atoms with Crippen molar-refractivity contribution < 1.29 is 9.21 Å². The molecule has 3 rings (SSSR count). The van der Waals surface area contributed by atoms with Gasteiger partial charge in [-0.1, -0.05) is 12.1 Å². The van der Waals surface area contributed by atoms with Crippen molar-refractivity contribution in [2.24, 2.45) is 4.99 Å². The molecule has 0 atom stereocenters. The van der Waals surface area contributed by atoms with E-state index in [1.165, 1.54) is 12.1 Å². The van der Waals surface area contributed by atoms with Crippen LogP contribution in [0.25, 0.3) is 21.9 Å². The van der Waals surface area contributed by atoms with Crippen molar-refractivity contribution in [1.29, 1.82) is 0 Å². The second-order valence-corrected chi connectivity index (χ2v) is 4.00. The Labute approximate surface area is 107 Å². The molecule has 1 heterocycles. The van der Waals surface area contributed by atoms with Crippen molar-refractivity contribution in [3.05, 3.63) is 46.6 Å². The van der Waals surface area contributed by atoms with Crippen LogP contribution in [0.1, 0.15) is 0 Å². The number of nitrogen functional groups attached to an aromatic ring is 1. The highest BCUT2D eigenvalue weighted by molar-refractivity contribution is 6.00. The monoisotopic (exact) mass is 252 g/mol. The minimum atomic E-state index is -0.239. The Balaban J connectivity index is 2.56. The normalized spacial score (nSPS) is 10.5. The van der Waals surface area contributed by atoms with E-state index < -0.39 is 0 Å². The van der Waals surface area contributed by atoms with E-state index >= 15 is 0 Å². The molecule has 0 aliphatic heterocycles. The fourth-order valence-corrected chi connectivity index (χ4v) is 2.05. The lowest BCUT2D eigenvalue weighted by molar-refractivity contribution is 0.565. The summed E-state index contributed by atoms with van der Waals surface area (Å²) in [6.45, 7) is 0. The van der Waals surface area contributed by atoms with Crippen LogP contribution in [-0.2, 0) is 4.79 Å². The summed E-state index contributed by atoms with van der Waals surface area (Å²) in [5.41, 5.74) is 6.82. The van der Waals surface area contributed by atoms with Gasteiger partial charge in [0.05, 0.1) is 16.5 Å². The van der Waals surface area contributed by atoms with Crippen LogP contribution in [0.3, 0.4) is 0 Å². The molecule has 0 aliphatic rings. The van der Waals surface area contributed by atoms with Crippen LogP contribution in [-0.4, -0.2) is 6.08 Å². The lowest BCUT2D eigenvalue weighted by atomic mass is 10.1. The van der Waals surface area contributed by atoms with E-state index in [-0.39, 0.29) is 22.2 Å². The summed E-state index contributed by atoms with van der Waals surface area (Å²) in [5, 5.41) is 0.670. The maximum absolute atomic E-state index is 12.4. The molecule has 0 fully saturated rings. The Bertz CT molecular complexity index is 906. The van der Waals surface area contributed by atoms with Crippen molar-refractivity contribution in [1.82, 2.24) is 0 Å². The van der Waals surface area contributed by atoms with Gasteiger partial charge in [-0.15, -0.1) is 0 Å². The topological polar surface area (TPSA) is 85.7 Å². The average molecular weight is 252 g/mol.